The first-order valence-corrected chi connectivity index (χ1v) is 11.3. The van der Waals surface area contributed by atoms with Gasteiger partial charge in [-0.1, -0.05) is 19.6 Å². The van der Waals surface area contributed by atoms with Gasteiger partial charge >= 0.3 is 0 Å². The molecule has 36 heavy (non-hydrogen) atoms. The summed E-state index contributed by atoms with van der Waals surface area (Å²) in [5, 5.41) is 0. The number of allylic oxidation sites excluding steroid dienone is 2. The molecule has 9 heteroatoms. The first-order valence-electron chi connectivity index (χ1n) is 10.2. The molecule has 3 aromatic carbocycles. The Bertz CT molecular complexity index is 1500. The standard InChI is InChI=1S/C13H8F2N2.C7H5N2.C6H3F2I.CH4.H2/c14-9-5-6-12(10(15)7-9)17-8-16-11-3-1-2-4-13(11)17;1-2-4-7-6(3-1)8-5-9-7;7-4-1-2-6(9)5(8)3-4;;/h1-8H;1,3-5H,(H,8,9);1-3H;1H4;1H/q;+1;;;/i;;;;1+1. The van der Waals surface area contributed by atoms with Gasteiger partial charge < -0.3 is 4.98 Å². The van der Waals surface area contributed by atoms with E-state index >= 15 is 0 Å². The van der Waals surface area contributed by atoms with Crippen LogP contribution in [0, 0.1) is 32.9 Å². The van der Waals surface area contributed by atoms with Gasteiger partial charge in [0.25, 0.3) is 0 Å². The number of H-pyrrole nitrogens is 1. The summed E-state index contributed by atoms with van der Waals surface area (Å²) in [6, 6.07) is 14.4. The van der Waals surface area contributed by atoms with Gasteiger partial charge in [-0.15, -0.1) is 0 Å². The topological polar surface area (TPSA) is 46.5 Å². The van der Waals surface area contributed by atoms with Gasteiger partial charge in [0.2, 0.25) is 5.69 Å². The van der Waals surface area contributed by atoms with Crippen molar-refractivity contribution >= 4 is 45.8 Å². The summed E-state index contributed by atoms with van der Waals surface area (Å²) < 4.78 is 53.0. The predicted octanol–water partition coefficient (Wildman–Crippen LogP) is 8.01. The van der Waals surface area contributed by atoms with Crippen LogP contribution in [0.4, 0.5) is 17.6 Å². The lowest BCUT2D eigenvalue weighted by molar-refractivity contribution is 0.577. The number of para-hydroxylation sites is 2. The molecule has 0 amide bonds. The van der Waals surface area contributed by atoms with E-state index in [1.807, 2.05) is 42.5 Å². The van der Waals surface area contributed by atoms with Crippen molar-refractivity contribution in [3.05, 3.63) is 124 Å². The van der Waals surface area contributed by atoms with Crippen LogP contribution >= 0.6 is 22.6 Å². The molecule has 0 atom stereocenters. The first kappa shape index (κ1) is 26.8. The van der Waals surface area contributed by atoms with E-state index in [0.717, 1.165) is 34.6 Å². The summed E-state index contributed by atoms with van der Waals surface area (Å²) in [7, 11) is 0. The van der Waals surface area contributed by atoms with Crippen LogP contribution in [0.2, 0.25) is 0 Å². The Hall–Kier alpha value is -3.82. The van der Waals surface area contributed by atoms with Gasteiger partial charge in [-0.05, 0) is 59.0 Å². The second-order valence-electron chi connectivity index (χ2n) is 7.10. The fraction of sp³-hybridized carbons (Fsp3) is 0.0370. The zero-order valence-electron chi connectivity index (χ0n) is 17.9. The molecule has 2 aromatic heterocycles. The van der Waals surface area contributed by atoms with Gasteiger partial charge in [0.15, 0.2) is 5.69 Å². The average molecular weight is 606 g/mol. The second-order valence-corrected chi connectivity index (χ2v) is 8.27. The van der Waals surface area contributed by atoms with E-state index in [4.69, 9.17) is 0 Å². The van der Waals surface area contributed by atoms with E-state index < -0.39 is 23.3 Å². The SMILES string of the molecule is C.Fc1ccc(-n2cnc3ccccc32)c(F)c1.Fc1ccc(I)c(F)c1.[2HH].[C+]1=Cc2nc[nH]c2C=C1. The Labute approximate surface area is 220 Å². The monoisotopic (exact) mass is 606 g/mol. The Morgan fingerprint density at radius 3 is 2.31 bits per heavy atom. The molecule has 0 saturated carbocycles. The molecular formula is C27H22F4IN4+. The molecular weight excluding hydrogens is 583 g/mol. The molecule has 6 rings (SSSR count). The summed E-state index contributed by atoms with van der Waals surface area (Å²) in [6.07, 6.45) is 11.8. The van der Waals surface area contributed by atoms with Gasteiger partial charge in [0.05, 0.1) is 22.8 Å². The van der Waals surface area contributed by atoms with Crippen molar-refractivity contribution < 1.29 is 19.0 Å². The lowest BCUT2D eigenvalue weighted by Gasteiger charge is -2.05. The highest BCUT2D eigenvalue weighted by Crippen LogP contribution is 2.20. The Morgan fingerprint density at radius 2 is 1.61 bits per heavy atom. The van der Waals surface area contributed by atoms with E-state index in [1.165, 1.54) is 30.6 Å². The van der Waals surface area contributed by atoms with Crippen LogP contribution in [0.1, 0.15) is 20.2 Å². The van der Waals surface area contributed by atoms with Crippen molar-refractivity contribution in [1.29, 1.82) is 0 Å². The van der Waals surface area contributed by atoms with Gasteiger partial charge in [-0.2, -0.15) is 4.98 Å². The Kier molecular flexibility index (Phi) is 9.10. The zero-order valence-corrected chi connectivity index (χ0v) is 20.0. The summed E-state index contributed by atoms with van der Waals surface area (Å²) >= 11 is 1.80. The van der Waals surface area contributed by atoms with Crippen LogP contribution in [-0.4, -0.2) is 19.5 Å². The van der Waals surface area contributed by atoms with Gasteiger partial charge in [0, 0.05) is 23.2 Å². The maximum atomic E-state index is 13.7. The number of aromatic nitrogens is 4. The van der Waals surface area contributed by atoms with Crippen molar-refractivity contribution in [2.75, 3.05) is 0 Å². The summed E-state index contributed by atoms with van der Waals surface area (Å²) in [4.78, 5) is 11.2. The van der Waals surface area contributed by atoms with E-state index in [-0.39, 0.29) is 8.85 Å². The van der Waals surface area contributed by atoms with Crippen molar-refractivity contribution in [2.24, 2.45) is 0 Å². The molecule has 4 nitrogen and oxygen atoms in total. The van der Waals surface area contributed by atoms with Gasteiger partial charge in [-0.25, -0.2) is 22.5 Å². The van der Waals surface area contributed by atoms with Crippen LogP contribution < -0.4 is 0 Å². The number of hydrogen-bond acceptors (Lipinski definition) is 2. The largest absolute Gasteiger partial charge is 0.321 e. The summed E-state index contributed by atoms with van der Waals surface area (Å²) in [5.74, 6) is -2.23. The predicted molar refractivity (Wildman–Crippen MR) is 144 cm³/mol. The molecule has 0 fully saturated rings. The highest BCUT2D eigenvalue weighted by Gasteiger charge is 2.10. The molecule has 0 aliphatic heterocycles. The van der Waals surface area contributed by atoms with Gasteiger partial charge in [0.1, 0.15) is 48.1 Å². The van der Waals surface area contributed by atoms with Crippen LogP contribution in [0.3, 0.4) is 0 Å². The number of fused-ring (bicyclic) bond motifs is 2. The molecule has 0 saturated heterocycles. The third-order valence-electron chi connectivity index (χ3n) is 4.77. The third kappa shape index (κ3) is 6.44. The van der Waals surface area contributed by atoms with Crippen molar-refractivity contribution in [3.8, 4) is 5.69 Å². The van der Waals surface area contributed by atoms with Gasteiger partial charge in [-0.3, -0.25) is 4.57 Å². The number of nitrogens with one attached hydrogen (secondary N) is 1. The molecule has 1 aliphatic rings. The van der Waals surface area contributed by atoms with E-state index in [2.05, 4.69) is 21.0 Å². The first-order chi connectivity index (χ1) is 16.9. The number of halogens is 5. The molecule has 0 radical (unpaired) electrons. The molecule has 0 unspecified atom stereocenters. The maximum absolute atomic E-state index is 13.7. The van der Waals surface area contributed by atoms with Crippen LogP contribution in [0.5, 0.6) is 0 Å². The van der Waals surface area contributed by atoms with Crippen LogP contribution in [0.25, 0.3) is 28.9 Å². The van der Waals surface area contributed by atoms with E-state index in [1.54, 1.807) is 33.5 Å². The molecule has 5 aromatic rings. The molecule has 1 aliphatic carbocycles. The summed E-state index contributed by atoms with van der Waals surface area (Å²) in [5.41, 5.74) is 3.89. The number of aromatic amines is 1. The zero-order chi connectivity index (χ0) is 24.8. The number of nitrogens with zero attached hydrogens (tertiary/aromatic N) is 3. The Balaban J connectivity index is 0.000000206. The third-order valence-corrected chi connectivity index (χ3v) is 5.65. The molecule has 1 N–H and O–H groups in total. The highest BCUT2D eigenvalue weighted by atomic mass is 127. The normalized spacial score (nSPS) is 10.8. The minimum Gasteiger partial charge on any atom is -0.321 e. The van der Waals surface area contributed by atoms with Crippen molar-refractivity contribution in [2.45, 2.75) is 7.43 Å². The Morgan fingerprint density at radius 1 is 0.889 bits per heavy atom. The highest BCUT2D eigenvalue weighted by molar-refractivity contribution is 14.1. The molecule has 184 valence electrons. The number of imidazole rings is 2. The lowest BCUT2D eigenvalue weighted by Crippen LogP contribution is -1.96. The average Bonchev–Trinajstić information content (AvgIpc) is 3.50. The van der Waals surface area contributed by atoms with Crippen LogP contribution in [0.15, 0.2) is 79.4 Å². The van der Waals surface area contributed by atoms with E-state index in [9.17, 15) is 17.6 Å². The van der Waals surface area contributed by atoms with Crippen LogP contribution in [-0.2, 0) is 0 Å². The fourth-order valence-corrected chi connectivity index (χ4v) is 3.46. The molecule has 0 bridgehead atoms. The quantitative estimate of drug-likeness (QED) is 0.0910. The minimum atomic E-state index is -0.604. The fourth-order valence-electron chi connectivity index (χ4n) is 3.12. The minimum absolute atomic E-state index is 0. The summed E-state index contributed by atoms with van der Waals surface area (Å²) in [6.45, 7) is 0. The van der Waals surface area contributed by atoms with Crippen molar-refractivity contribution in [3.63, 3.8) is 0 Å². The smallest absolute Gasteiger partial charge is 0.202 e. The molecule has 0 spiro atoms. The maximum Gasteiger partial charge on any atom is 0.202 e. The van der Waals surface area contributed by atoms with E-state index in [0.29, 0.717) is 9.26 Å². The van der Waals surface area contributed by atoms with Crippen molar-refractivity contribution in [1.82, 2.24) is 19.5 Å². The lowest BCUT2D eigenvalue weighted by atomic mass is 10.2. The second kappa shape index (κ2) is 12.2. The number of rotatable bonds is 1. The number of benzene rings is 3. The molecule has 2 heterocycles. The number of hydrogen-bond donors (Lipinski definition) is 1.